The predicted octanol–water partition coefficient (Wildman–Crippen LogP) is 1.06. The van der Waals surface area contributed by atoms with E-state index in [0.717, 1.165) is 4.43 Å². The Bertz CT molecular complexity index is 108. The summed E-state index contributed by atoms with van der Waals surface area (Å²) in [5.74, 6) is 7.37. The molecule has 0 aromatic heterocycles. The molecule has 0 N–H and O–H groups in total. The molecule has 0 saturated carbocycles. The molecule has 0 heterocycles. The van der Waals surface area contributed by atoms with E-state index in [-0.39, 0.29) is 0 Å². The summed E-state index contributed by atoms with van der Waals surface area (Å²) in [6.07, 6.45) is 4.79. The summed E-state index contributed by atoms with van der Waals surface area (Å²) in [5.41, 5.74) is 0. The molecule has 0 aromatic carbocycles. The lowest BCUT2D eigenvalue weighted by molar-refractivity contribution is 2.04. The van der Waals surface area contributed by atoms with Gasteiger partial charge >= 0.3 is 0 Å². The lowest BCUT2D eigenvalue weighted by Crippen LogP contribution is -1.53. The fourth-order valence-corrected chi connectivity index (χ4v) is 0.275. The summed E-state index contributed by atoms with van der Waals surface area (Å²) in [5, 5.41) is 0. The highest BCUT2D eigenvalue weighted by Crippen LogP contribution is 1.72. The van der Waals surface area contributed by atoms with E-state index in [1.165, 1.54) is 0 Å². The average Bonchev–Trinajstić information content (AvgIpc) is 1.61. The Morgan fingerprint density at radius 2 is 2.33 bits per heavy atom. The van der Waals surface area contributed by atoms with Crippen molar-refractivity contribution in [2.75, 3.05) is 4.43 Å². The lowest BCUT2D eigenvalue weighted by atomic mass is 10.6. The van der Waals surface area contributed by atoms with Crippen LogP contribution < -0.4 is 0 Å². The molecule has 0 spiro atoms. The molecule has 0 fully saturated rings. The Morgan fingerprint density at radius 1 is 1.67 bits per heavy atom. The lowest BCUT2D eigenvalue weighted by Gasteiger charge is -1.56. The molecule has 1 heteroatoms. The third-order valence-corrected chi connectivity index (χ3v) is 0.609. The molecule has 0 unspecified atom stereocenters. The van der Waals surface area contributed by atoms with Crippen LogP contribution in [-0.2, 0) is 0 Å². The molecule has 0 aliphatic rings. The monoisotopic (exact) mass is 190 g/mol. The van der Waals surface area contributed by atoms with Crippen LogP contribution in [0.5, 0.6) is 0 Å². The molecule has 0 saturated heterocycles. The minimum Gasteiger partial charge on any atom is -0.106 e. The Labute approximate surface area is 51.5 Å². The number of rotatable bonds is 0. The molecule has 0 bridgehead atoms. The van der Waals surface area contributed by atoms with Crippen molar-refractivity contribution in [3.8, 4) is 24.2 Å². The van der Waals surface area contributed by atoms with Crippen LogP contribution in [-0.4, -0.2) is 4.43 Å². The molecule has 30 valence electrons. The maximum absolute atomic E-state index is 4.79. The Balaban J connectivity index is 3.22. The Morgan fingerprint density at radius 3 is 2.50 bits per heavy atom. The first kappa shape index (κ1) is 5.85. The van der Waals surface area contributed by atoms with Gasteiger partial charge in [-0.05, 0) is 11.8 Å². The molecule has 0 rings (SSSR count). The average molecular weight is 190 g/mol. The van der Waals surface area contributed by atoms with E-state index in [0.29, 0.717) is 0 Å². The van der Waals surface area contributed by atoms with E-state index < -0.39 is 0 Å². The zero-order valence-electron chi connectivity index (χ0n) is 3.16. The van der Waals surface area contributed by atoms with E-state index in [2.05, 4.69) is 40.4 Å². The van der Waals surface area contributed by atoms with Gasteiger partial charge in [0.15, 0.2) is 0 Å². The SMILES string of the molecule is C#CC#CCI. The van der Waals surface area contributed by atoms with Gasteiger partial charge < -0.3 is 0 Å². The second-order valence-corrected chi connectivity index (χ2v) is 1.34. The van der Waals surface area contributed by atoms with Gasteiger partial charge in [0, 0.05) is 0 Å². The summed E-state index contributed by atoms with van der Waals surface area (Å²) in [4.78, 5) is 0. The van der Waals surface area contributed by atoms with Gasteiger partial charge in [-0.1, -0.05) is 28.5 Å². The van der Waals surface area contributed by atoms with Crippen molar-refractivity contribution in [2.24, 2.45) is 0 Å². The summed E-state index contributed by atoms with van der Waals surface area (Å²) >= 11 is 2.14. The molecular formula is C5H3I. The first-order chi connectivity index (χ1) is 2.91. The van der Waals surface area contributed by atoms with E-state index in [1.807, 2.05) is 0 Å². The Hall–Kier alpha value is -0.150. The summed E-state index contributed by atoms with van der Waals surface area (Å²) in [6, 6.07) is 0. The van der Waals surface area contributed by atoms with Crippen molar-refractivity contribution in [1.82, 2.24) is 0 Å². The zero-order valence-corrected chi connectivity index (χ0v) is 5.32. The van der Waals surface area contributed by atoms with E-state index >= 15 is 0 Å². The first-order valence-electron chi connectivity index (χ1n) is 1.41. The fraction of sp³-hybridized carbons (Fsp3) is 0.200. The highest BCUT2D eigenvalue weighted by Gasteiger charge is 1.53. The molecule has 0 radical (unpaired) electrons. The third-order valence-electron chi connectivity index (χ3n) is 0.227. The molecule has 0 aliphatic carbocycles. The van der Waals surface area contributed by atoms with Crippen LogP contribution in [0.3, 0.4) is 0 Å². The van der Waals surface area contributed by atoms with Crippen molar-refractivity contribution in [1.29, 1.82) is 0 Å². The van der Waals surface area contributed by atoms with Crippen LogP contribution in [0.4, 0.5) is 0 Å². The second kappa shape index (κ2) is 4.85. The van der Waals surface area contributed by atoms with Gasteiger partial charge in [0.2, 0.25) is 0 Å². The minimum atomic E-state index is 0.821. The molecule has 0 aromatic rings. The van der Waals surface area contributed by atoms with Gasteiger partial charge in [-0.2, -0.15) is 0 Å². The first-order valence-corrected chi connectivity index (χ1v) is 2.94. The van der Waals surface area contributed by atoms with Crippen molar-refractivity contribution < 1.29 is 0 Å². The number of hydrogen-bond donors (Lipinski definition) is 0. The van der Waals surface area contributed by atoms with E-state index in [1.54, 1.807) is 0 Å². The van der Waals surface area contributed by atoms with Gasteiger partial charge in [0.05, 0.1) is 4.43 Å². The summed E-state index contributed by atoms with van der Waals surface area (Å²) in [7, 11) is 0. The maximum atomic E-state index is 4.79. The van der Waals surface area contributed by atoms with Crippen LogP contribution in [0.1, 0.15) is 0 Å². The highest BCUT2D eigenvalue weighted by molar-refractivity contribution is 14.1. The molecule has 0 amide bonds. The molecular weight excluding hydrogens is 187 g/mol. The number of alkyl halides is 1. The Kier molecular flexibility index (Phi) is 4.73. The van der Waals surface area contributed by atoms with Gasteiger partial charge in [-0.3, -0.25) is 0 Å². The van der Waals surface area contributed by atoms with Gasteiger partial charge in [-0.15, -0.1) is 6.42 Å². The largest absolute Gasteiger partial charge is 0.106 e. The van der Waals surface area contributed by atoms with Gasteiger partial charge in [0.25, 0.3) is 0 Å². The van der Waals surface area contributed by atoms with Gasteiger partial charge in [0.1, 0.15) is 0 Å². The molecule has 0 nitrogen and oxygen atoms in total. The van der Waals surface area contributed by atoms with Crippen LogP contribution in [0, 0.1) is 24.2 Å². The van der Waals surface area contributed by atoms with Crippen LogP contribution in [0.15, 0.2) is 0 Å². The van der Waals surface area contributed by atoms with Crippen molar-refractivity contribution in [2.45, 2.75) is 0 Å². The summed E-state index contributed by atoms with van der Waals surface area (Å²) in [6.45, 7) is 0. The van der Waals surface area contributed by atoms with Crippen molar-refractivity contribution in [3.63, 3.8) is 0 Å². The van der Waals surface area contributed by atoms with E-state index in [9.17, 15) is 0 Å². The topological polar surface area (TPSA) is 0 Å². The highest BCUT2D eigenvalue weighted by atomic mass is 127. The molecule has 6 heavy (non-hydrogen) atoms. The number of halogens is 1. The second-order valence-electron chi connectivity index (χ2n) is 0.580. The fourth-order valence-electron chi connectivity index (χ4n) is 0.0844. The standard InChI is InChI=1S/C5H3I/c1-2-3-4-5-6/h1H,5H2. The third kappa shape index (κ3) is 3.85. The summed E-state index contributed by atoms with van der Waals surface area (Å²) < 4.78 is 0.821. The van der Waals surface area contributed by atoms with Crippen LogP contribution >= 0.6 is 22.6 Å². The zero-order chi connectivity index (χ0) is 4.83. The van der Waals surface area contributed by atoms with Crippen LogP contribution in [0.2, 0.25) is 0 Å². The predicted molar refractivity (Wildman–Crippen MR) is 35.5 cm³/mol. The quantitative estimate of drug-likeness (QED) is 0.304. The molecule has 0 atom stereocenters. The molecule has 0 aliphatic heterocycles. The number of hydrogen-bond acceptors (Lipinski definition) is 0. The van der Waals surface area contributed by atoms with Crippen LogP contribution in [0.25, 0.3) is 0 Å². The minimum absolute atomic E-state index is 0.821. The number of terminal acetylenes is 1. The van der Waals surface area contributed by atoms with Gasteiger partial charge in [-0.25, -0.2) is 0 Å². The van der Waals surface area contributed by atoms with Crippen molar-refractivity contribution in [3.05, 3.63) is 0 Å². The maximum Gasteiger partial charge on any atom is 0.0619 e. The van der Waals surface area contributed by atoms with Crippen molar-refractivity contribution >= 4 is 22.6 Å². The smallest absolute Gasteiger partial charge is 0.0619 e. The van der Waals surface area contributed by atoms with E-state index in [4.69, 9.17) is 6.42 Å². The normalized spacial score (nSPS) is 4.67.